The van der Waals surface area contributed by atoms with E-state index in [9.17, 15) is 0 Å². The van der Waals surface area contributed by atoms with Gasteiger partial charge in [-0.25, -0.2) is 4.98 Å². The summed E-state index contributed by atoms with van der Waals surface area (Å²) in [5, 5.41) is 5.62. The second kappa shape index (κ2) is 4.99. The first-order valence-electron chi connectivity index (χ1n) is 6.61. The Balaban J connectivity index is 1.75. The highest BCUT2D eigenvalue weighted by Crippen LogP contribution is 2.16. The molecule has 4 nitrogen and oxygen atoms in total. The number of hydrogen-bond acceptors (Lipinski definition) is 4. The van der Waals surface area contributed by atoms with Crippen molar-refractivity contribution in [3.8, 4) is 0 Å². The fourth-order valence-corrected chi connectivity index (χ4v) is 3.32. The van der Waals surface area contributed by atoms with Crippen LogP contribution in [0.1, 0.15) is 26.0 Å². The Bertz CT molecular complexity index is 489. The molecule has 0 aromatic carbocycles. The Morgan fingerprint density at radius 3 is 3.22 bits per heavy atom. The minimum absolute atomic E-state index is 0.568. The van der Waals surface area contributed by atoms with Crippen LogP contribution in [0.4, 0.5) is 0 Å². The first-order valence-corrected chi connectivity index (χ1v) is 7.49. The number of fused-ring (bicyclic) bond motifs is 1. The molecular weight excluding hydrogens is 244 g/mol. The van der Waals surface area contributed by atoms with E-state index in [1.807, 2.05) is 0 Å². The lowest BCUT2D eigenvalue weighted by Crippen LogP contribution is -2.38. The van der Waals surface area contributed by atoms with E-state index in [0.717, 1.165) is 24.6 Å². The van der Waals surface area contributed by atoms with Gasteiger partial charge in [0.05, 0.1) is 5.69 Å². The van der Waals surface area contributed by atoms with E-state index in [4.69, 9.17) is 0 Å². The maximum atomic E-state index is 4.68. The maximum Gasteiger partial charge on any atom is 0.193 e. The standard InChI is InChI=1S/C13H20N4S/c1-10-7-17(11(2)3-4-14-10)9-12-8-16-5-6-18-13(16)15-12/h5-6,8,10-11,14H,3-4,7,9H2,1-2H3. The van der Waals surface area contributed by atoms with Crippen molar-refractivity contribution in [2.24, 2.45) is 0 Å². The number of nitrogens with one attached hydrogen (secondary N) is 1. The second-order valence-corrected chi connectivity index (χ2v) is 6.12. The Morgan fingerprint density at radius 1 is 1.50 bits per heavy atom. The number of imidazole rings is 1. The smallest absolute Gasteiger partial charge is 0.193 e. The van der Waals surface area contributed by atoms with Crippen LogP contribution in [0.3, 0.4) is 0 Å². The van der Waals surface area contributed by atoms with Gasteiger partial charge in [0.15, 0.2) is 4.96 Å². The van der Waals surface area contributed by atoms with Gasteiger partial charge in [-0.15, -0.1) is 11.3 Å². The minimum atomic E-state index is 0.568. The number of hydrogen-bond donors (Lipinski definition) is 1. The molecule has 98 valence electrons. The van der Waals surface area contributed by atoms with Gasteiger partial charge in [0.2, 0.25) is 0 Å². The summed E-state index contributed by atoms with van der Waals surface area (Å²) in [5.41, 5.74) is 1.18. The molecule has 1 fully saturated rings. The fourth-order valence-electron chi connectivity index (χ4n) is 2.60. The van der Waals surface area contributed by atoms with Gasteiger partial charge in [0.25, 0.3) is 0 Å². The van der Waals surface area contributed by atoms with E-state index >= 15 is 0 Å². The molecular formula is C13H20N4S. The molecule has 0 aliphatic carbocycles. The molecule has 0 saturated carbocycles. The summed E-state index contributed by atoms with van der Waals surface area (Å²) in [7, 11) is 0. The third kappa shape index (κ3) is 2.43. The van der Waals surface area contributed by atoms with Crippen molar-refractivity contribution in [1.29, 1.82) is 0 Å². The summed E-state index contributed by atoms with van der Waals surface area (Å²) in [6.07, 6.45) is 5.45. The van der Waals surface area contributed by atoms with Gasteiger partial charge in [-0.3, -0.25) is 9.30 Å². The highest BCUT2D eigenvalue weighted by Gasteiger charge is 2.21. The molecule has 0 radical (unpaired) electrons. The molecule has 2 atom stereocenters. The van der Waals surface area contributed by atoms with Crippen LogP contribution in [0.15, 0.2) is 17.8 Å². The lowest BCUT2D eigenvalue weighted by Gasteiger charge is -2.27. The largest absolute Gasteiger partial charge is 0.313 e. The molecule has 0 amide bonds. The third-order valence-electron chi connectivity index (χ3n) is 3.69. The molecule has 2 unspecified atom stereocenters. The molecule has 1 aliphatic heterocycles. The lowest BCUT2D eigenvalue weighted by atomic mass is 10.2. The highest BCUT2D eigenvalue weighted by atomic mass is 32.1. The number of nitrogens with zero attached hydrogens (tertiary/aromatic N) is 3. The minimum Gasteiger partial charge on any atom is -0.313 e. The normalized spacial score (nSPS) is 26.6. The molecule has 1 aliphatic rings. The van der Waals surface area contributed by atoms with E-state index < -0.39 is 0 Å². The van der Waals surface area contributed by atoms with E-state index in [1.165, 1.54) is 12.1 Å². The van der Waals surface area contributed by atoms with Gasteiger partial charge < -0.3 is 5.32 Å². The Hall–Kier alpha value is -0.910. The van der Waals surface area contributed by atoms with Crippen molar-refractivity contribution in [3.63, 3.8) is 0 Å². The molecule has 2 aromatic heterocycles. The summed E-state index contributed by atoms with van der Waals surface area (Å²) in [5.74, 6) is 0. The highest BCUT2D eigenvalue weighted by molar-refractivity contribution is 7.15. The van der Waals surface area contributed by atoms with E-state index in [2.05, 4.69) is 51.2 Å². The molecule has 3 heterocycles. The number of thiazole rings is 1. The quantitative estimate of drug-likeness (QED) is 0.900. The number of aromatic nitrogens is 2. The zero-order valence-corrected chi connectivity index (χ0v) is 11.8. The zero-order valence-electron chi connectivity index (χ0n) is 11.0. The predicted octanol–water partition coefficient (Wildman–Crippen LogP) is 1.97. The van der Waals surface area contributed by atoms with Crippen molar-refractivity contribution >= 4 is 16.3 Å². The van der Waals surface area contributed by atoms with Crippen LogP contribution in [0, 0.1) is 0 Å². The van der Waals surface area contributed by atoms with Crippen LogP contribution < -0.4 is 5.32 Å². The van der Waals surface area contributed by atoms with Crippen molar-refractivity contribution < 1.29 is 0 Å². The fraction of sp³-hybridized carbons (Fsp3) is 0.615. The predicted molar refractivity (Wildman–Crippen MR) is 75.0 cm³/mol. The molecule has 3 rings (SSSR count). The first kappa shape index (κ1) is 12.1. The Labute approximate surface area is 112 Å². The van der Waals surface area contributed by atoms with Crippen molar-refractivity contribution in [2.75, 3.05) is 13.1 Å². The third-order valence-corrected chi connectivity index (χ3v) is 4.47. The SMILES string of the molecule is CC1CN(Cc2cn3ccsc3n2)C(C)CCN1. The summed E-state index contributed by atoms with van der Waals surface area (Å²) in [6.45, 7) is 7.76. The second-order valence-electron chi connectivity index (χ2n) is 5.25. The van der Waals surface area contributed by atoms with Crippen LogP contribution in [0.25, 0.3) is 4.96 Å². The van der Waals surface area contributed by atoms with Crippen LogP contribution in [-0.2, 0) is 6.54 Å². The Morgan fingerprint density at radius 2 is 2.39 bits per heavy atom. The van der Waals surface area contributed by atoms with Crippen molar-refractivity contribution in [2.45, 2.75) is 38.9 Å². The Kier molecular flexibility index (Phi) is 3.37. The van der Waals surface area contributed by atoms with E-state index in [-0.39, 0.29) is 0 Å². The van der Waals surface area contributed by atoms with Gasteiger partial charge in [-0.05, 0) is 26.8 Å². The summed E-state index contributed by atoms with van der Waals surface area (Å²) < 4.78 is 2.12. The summed E-state index contributed by atoms with van der Waals surface area (Å²) >= 11 is 1.70. The molecule has 5 heteroatoms. The van der Waals surface area contributed by atoms with Crippen LogP contribution in [-0.4, -0.2) is 39.5 Å². The van der Waals surface area contributed by atoms with Crippen LogP contribution >= 0.6 is 11.3 Å². The summed E-state index contributed by atoms with van der Waals surface area (Å²) in [4.78, 5) is 8.31. The van der Waals surface area contributed by atoms with Gasteiger partial charge in [0.1, 0.15) is 0 Å². The first-order chi connectivity index (χ1) is 8.72. The number of rotatable bonds is 2. The lowest BCUT2D eigenvalue weighted by molar-refractivity contribution is 0.197. The van der Waals surface area contributed by atoms with Gasteiger partial charge in [-0.1, -0.05) is 0 Å². The molecule has 1 N–H and O–H groups in total. The van der Waals surface area contributed by atoms with E-state index in [0.29, 0.717) is 12.1 Å². The summed E-state index contributed by atoms with van der Waals surface area (Å²) in [6, 6.07) is 1.20. The van der Waals surface area contributed by atoms with Crippen LogP contribution in [0.2, 0.25) is 0 Å². The average Bonchev–Trinajstić information content (AvgIpc) is 2.84. The topological polar surface area (TPSA) is 32.6 Å². The molecule has 0 bridgehead atoms. The average molecular weight is 264 g/mol. The van der Waals surface area contributed by atoms with E-state index in [1.54, 1.807) is 11.3 Å². The molecule has 2 aromatic rings. The molecule has 18 heavy (non-hydrogen) atoms. The molecule has 1 saturated heterocycles. The van der Waals surface area contributed by atoms with Gasteiger partial charge in [-0.2, -0.15) is 0 Å². The van der Waals surface area contributed by atoms with Gasteiger partial charge >= 0.3 is 0 Å². The van der Waals surface area contributed by atoms with Crippen molar-refractivity contribution in [1.82, 2.24) is 19.6 Å². The van der Waals surface area contributed by atoms with Crippen LogP contribution in [0.5, 0.6) is 0 Å². The van der Waals surface area contributed by atoms with Crippen molar-refractivity contribution in [3.05, 3.63) is 23.5 Å². The monoisotopic (exact) mass is 264 g/mol. The maximum absolute atomic E-state index is 4.68. The zero-order chi connectivity index (χ0) is 12.5. The van der Waals surface area contributed by atoms with Gasteiger partial charge in [0, 0.05) is 42.9 Å². The molecule has 0 spiro atoms.